The van der Waals surface area contributed by atoms with Gasteiger partial charge >= 0.3 is 11.9 Å². The number of hydrogen-bond donors (Lipinski definition) is 0. The zero-order valence-electron chi connectivity index (χ0n) is 7.43. The maximum atomic E-state index is 10.7. The number of carbonyl (C=O) groups excluding carboxylic acids is 4. The molecule has 0 aromatic carbocycles. The van der Waals surface area contributed by atoms with Gasteiger partial charge < -0.3 is 9.59 Å². The lowest BCUT2D eigenvalue weighted by Crippen LogP contribution is -2.11. The topological polar surface area (TPSA) is 86.7 Å². The predicted octanol–water partition coefficient (Wildman–Crippen LogP) is -0.0540. The van der Waals surface area contributed by atoms with Crippen LogP contribution in [-0.2, 0) is 29.0 Å². The normalized spacial score (nSPS) is 8.86. The van der Waals surface area contributed by atoms with Crippen molar-refractivity contribution >= 4 is 24.5 Å². The summed E-state index contributed by atoms with van der Waals surface area (Å²) in [6, 6.07) is 0. The Morgan fingerprint density at radius 1 is 0.857 bits per heavy atom. The molecule has 0 amide bonds. The molecule has 0 spiro atoms. The predicted molar refractivity (Wildman–Crippen MR) is 42.8 cm³/mol. The number of carbonyl (C=O) groups is 4. The van der Waals surface area contributed by atoms with Crippen molar-refractivity contribution in [3.63, 3.8) is 0 Å². The highest BCUT2D eigenvalue weighted by Crippen LogP contribution is 1.95. The molecule has 0 aromatic rings. The van der Waals surface area contributed by atoms with Crippen molar-refractivity contribution in [2.75, 3.05) is 0 Å². The Morgan fingerprint density at radius 3 is 1.50 bits per heavy atom. The zero-order chi connectivity index (χ0) is 10.8. The van der Waals surface area contributed by atoms with Gasteiger partial charge in [0.2, 0.25) is 0 Å². The second-order valence-corrected chi connectivity index (χ2v) is 2.32. The first-order valence-corrected chi connectivity index (χ1v) is 3.98. The van der Waals surface area contributed by atoms with Crippen LogP contribution in [0.3, 0.4) is 0 Å². The van der Waals surface area contributed by atoms with Gasteiger partial charge in [-0.2, -0.15) is 0 Å². The molecule has 6 nitrogen and oxygen atoms in total. The van der Waals surface area contributed by atoms with Gasteiger partial charge in [-0.25, -0.2) is 19.4 Å². The average Bonchev–Trinajstić information content (AvgIpc) is 2.20. The van der Waals surface area contributed by atoms with Crippen molar-refractivity contribution < 1.29 is 29.0 Å². The molecule has 0 radical (unpaired) electrons. The lowest BCUT2D eigenvalue weighted by atomic mass is 10.3. The quantitative estimate of drug-likeness (QED) is 0.341. The Kier molecular flexibility index (Phi) is 6.93. The largest absolute Gasteiger partial charge is 0.356 e. The molecule has 78 valence electrons. The average molecular weight is 202 g/mol. The number of rotatable bonds is 6. The maximum Gasteiger partial charge on any atom is 0.356 e. The molecule has 0 saturated heterocycles. The Bertz CT molecular complexity index is 198. The van der Waals surface area contributed by atoms with E-state index in [0.29, 0.717) is 12.6 Å². The van der Waals surface area contributed by atoms with Crippen LogP contribution >= 0.6 is 0 Å². The zero-order valence-corrected chi connectivity index (χ0v) is 7.43. The van der Waals surface area contributed by atoms with Crippen molar-refractivity contribution in [2.45, 2.75) is 25.7 Å². The van der Waals surface area contributed by atoms with Crippen LogP contribution in [0.5, 0.6) is 0 Å². The summed E-state index contributed by atoms with van der Waals surface area (Å²) >= 11 is 0. The van der Waals surface area contributed by atoms with Crippen LogP contribution in [0.4, 0.5) is 0 Å². The standard InChI is InChI=1S/C8H10O6/c9-5-1-3-7(11)13-14-8(12)4-2-6-10/h5-6H,1-4H2. The van der Waals surface area contributed by atoms with Crippen molar-refractivity contribution in [3.8, 4) is 0 Å². The van der Waals surface area contributed by atoms with E-state index >= 15 is 0 Å². The summed E-state index contributed by atoms with van der Waals surface area (Å²) < 4.78 is 0. The first-order chi connectivity index (χ1) is 6.70. The SMILES string of the molecule is O=CCCC(=O)OOC(=O)CCC=O. The summed E-state index contributed by atoms with van der Waals surface area (Å²) in [5.74, 6) is -1.59. The van der Waals surface area contributed by atoms with E-state index < -0.39 is 11.9 Å². The summed E-state index contributed by atoms with van der Waals surface area (Å²) in [5.41, 5.74) is 0. The van der Waals surface area contributed by atoms with E-state index in [1.54, 1.807) is 0 Å². The molecule has 0 heterocycles. The lowest BCUT2D eigenvalue weighted by molar-refractivity contribution is -0.259. The third kappa shape index (κ3) is 6.96. The van der Waals surface area contributed by atoms with Gasteiger partial charge in [-0.3, -0.25) is 0 Å². The lowest BCUT2D eigenvalue weighted by Gasteiger charge is -2.00. The molecule has 0 bridgehead atoms. The molecule has 14 heavy (non-hydrogen) atoms. The molecular formula is C8H10O6. The smallest absolute Gasteiger partial charge is 0.303 e. The summed E-state index contributed by atoms with van der Waals surface area (Å²) in [4.78, 5) is 49.1. The van der Waals surface area contributed by atoms with Crippen molar-refractivity contribution in [1.29, 1.82) is 0 Å². The first-order valence-electron chi connectivity index (χ1n) is 3.98. The molecule has 0 atom stereocenters. The Hall–Kier alpha value is -1.72. The van der Waals surface area contributed by atoms with E-state index in [9.17, 15) is 19.2 Å². The molecule has 0 aliphatic carbocycles. The van der Waals surface area contributed by atoms with Gasteiger partial charge in [0.25, 0.3) is 0 Å². The first kappa shape index (κ1) is 12.3. The highest BCUT2D eigenvalue weighted by Gasteiger charge is 2.08. The monoisotopic (exact) mass is 202 g/mol. The van der Waals surface area contributed by atoms with Gasteiger partial charge in [0, 0.05) is 12.8 Å². The van der Waals surface area contributed by atoms with Gasteiger partial charge in [0.15, 0.2) is 0 Å². The third-order valence-corrected chi connectivity index (χ3v) is 1.16. The van der Waals surface area contributed by atoms with E-state index in [-0.39, 0.29) is 25.7 Å². The fourth-order valence-electron chi connectivity index (χ4n) is 0.530. The van der Waals surface area contributed by atoms with E-state index in [0.717, 1.165) is 0 Å². The van der Waals surface area contributed by atoms with Crippen LogP contribution in [-0.4, -0.2) is 24.5 Å². The van der Waals surface area contributed by atoms with E-state index in [1.807, 2.05) is 0 Å². The third-order valence-electron chi connectivity index (χ3n) is 1.16. The van der Waals surface area contributed by atoms with Crippen LogP contribution in [0, 0.1) is 0 Å². The van der Waals surface area contributed by atoms with Gasteiger partial charge in [-0.15, -0.1) is 0 Å². The highest BCUT2D eigenvalue weighted by molar-refractivity contribution is 5.75. The fourth-order valence-corrected chi connectivity index (χ4v) is 0.530. The van der Waals surface area contributed by atoms with E-state index in [2.05, 4.69) is 9.78 Å². The van der Waals surface area contributed by atoms with E-state index in [4.69, 9.17) is 0 Å². The minimum absolute atomic E-state index is 0.0186. The summed E-state index contributed by atoms with van der Waals surface area (Å²) in [7, 11) is 0. The summed E-state index contributed by atoms with van der Waals surface area (Å²) in [6.45, 7) is 0. The van der Waals surface area contributed by atoms with E-state index in [1.165, 1.54) is 0 Å². The molecule has 0 rings (SSSR count). The molecule has 0 aliphatic rings. The minimum atomic E-state index is -0.795. The van der Waals surface area contributed by atoms with Gasteiger partial charge in [-0.05, 0) is 0 Å². The molecule has 0 N–H and O–H groups in total. The minimum Gasteiger partial charge on any atom is -0.303 e. The Labute approximate surface area is 80.1 Å². The van der Waals surface area contributed by atoms with Crippen LogP contribution in [0.25, 0.3) is 0 Å². The Balaban J connectivity index is 3.50. The van der Waals surface area contributed by atoms with Crippen molar-refractivity contribution in [1.82, 2.24) is 0 Å². The van der Waals surface area contributed by atoms with Crippen molar-refractivity contribution in [2.24, 2.45) is 0 Å². The number of aldehydes is 2. The van der Waals surface area contributed by atoms with Crippen molar-refractivity contribution in [3.05, 3.63) is 0 Å². The molecule has 0 fully saturated rings. The summed E-state index contributed by atoms with van der Waals surface area (Å²) in [6.07, 6.45) is 0.870. The molecule has 0 aliphatic heterocycles. The Morgan fingerprint density at radius 2 is 1.21 bits per heavy atom. The van der Waals surface area contributed by atoms with Crippen LogP contribution in [0.1, 0.15) is 25.7 Å². The molecule has 0 aromatic heterocycles. The maximum absolute atomic E-state index is 10.7. The van der Waals surface area contributed by atoms with Gasteiger partial charge in [-0.1, -0.05) is 0 Å². The fraction of sp³-hybridized carbons (Fsp3) is 0.500. The molecular weight excluding hydrogens is 192 g/mol. The molecule has 0 unspecified atom stereocenters. The van der Waals surface area contributed by atoms with Crippen LogP contribution in [0.15, 0.2) is 0 Å². The van der Waals surface area contributed by atoms with Gasteiger partial charge in [0.1, 0.15) is 12.6 Å². The van der Waals surface area contributed by atoms with Gasteiger partial charge in [0.05, 0.1) is 12.8 Å². The number of hydrogen-bond acceptors (Lipinski definition) is 6. The van der Waals surface area contributed by atoms with Crippen LogP contribution < -0.4 is 0 Å². The highest BCUT2D eigenvalue weighted by atomic mass is 17.2. The molecule has 0 saturated carbocycles. The molecule has 6 heteroatoms. The second-order valence-electron chi connectivity index (χ2n) is 2.32. The second kappa shape index (κ2) is 7.90. The van der Waals surface area contributed by atoms with Crippen LogP contribution in [0.2, 0.25) is 0 Å². The summed E-state index contributed by atoms with van der Waals surface area (Å²) in [5, 5.41) is 0.